The summed E-state index contributed by atoms with van der Waals surface area (Å²) in [4.78, 5) is 15.3. The van der Waals surface area contributed by atoms with Crippen molar-refractivity contribution in [3.05, 3.63) is 59.4 Å². The van der Waals surface area contributed by atoms with Crippen LogP contribution < -0.4 is 4.90 Å². The molecule has 1 aliphatic heterocycles. The van der Waals surface area contributed by atoms with Crippen molar-refractivity contribution >= 4 is 21.4 Å². The summed E-state index contributed by atoms with van der Waals surface area (Å²) in [5, 5.41) is 0. The molecule has 0 aromatic heterocycles. The number of amides is 1. The maximum absolute atomic E-state index is 13.7. The van der Waals surface area contributed by atoms with Crippen LogP contribution in [0.3, 0.4) is 0 Å². The third-order valence-corrected chi connectivity index (χ3v) is 6.16. The van der Waals surface area contributed by atoms with Crippen molar-refractivity contribution in [2.24, 2.45) is 0 Å². The lowest BCUT2D eigenvalue weighted by Crippen LogP contribution is -2.49. The second-order valence-electron chi connectivity index (χ2n) is 6.52. The molecular formula is C19H19F3N2O3S. The monoisotopic (exact) mass is 412 g/mol. The van der Waals surface area contributed by atoms with Crippen molar-refractivity contribution in [1.82, 2.24) is 4.90 Å². The molecule has 1 fully saturated rings. The fraction of sp³-hybridized carbons (Fsp3) is 0.316. The number of alkyl halides is 2. The zero-order valence-electron chi connectivity index (χ0n) is 15.1. The topological polar surface area (TPSA) is 57.7 Å². The molecule has 0 spiro atoms. The summed E-state index contributed by atoms with van der Waals surface area (Å²) in [5.74, 6) is -4.30. The number of rotatable bonds is 4. The number of piperazine rings is 1. The van der Waals surface area contributed by atoms with E-state index in [2.05, 4.69) is 0 Å². The third kappa shape index (κ3) is 3.84. The molecule has 1 saturated heterocycles. The van der Waals surface area contributed by atoms with E-state index in [9.17, 15) is 26.4 Å². The minimum Gasteiger partial charge on any atom is -0.367 e. The van der Waals surface area contributed by atoms with Gasteiger partial charge in [0, 0.05) is 31.7 Å². The lowest BCUT2D eigenvalue weighted by atomic mass is 10.1. The zero-order chi connectivity index (χ0) is 20.5. The first-order chi connectivity index (χ1) is 13.2. The summed E-state index contributed by atoms with van der Waals surface area (Å²) in [6.45, 7) is 2.67. The standard InChI is InChI=1S/C19H19F3N2O3S/c1-13-6-7-14(12-15(13)20)18(25)24-10-8-23(9-11-24)16-4-2-3-5-17(16)28(26,27)19(21)22/h2-7,12,19H,8-11H2,1H3. The van der Waals surface area contributed by atoms with Crippen molar-refractivity contribution < 1.29 is 26.4 Å². The van der Waals surface area contributed by atoms with Gasteiger partial charge in [-0.25, -0.2) is 12.8 Å². The molecule has 28 heavy (non-hydrogen) atoms. The summed E-state index contributed by atoms with van der Waals surface area (Å²) in [6, 6.07) is 9.87. The predicted octanol–water partition coefficient (Wildman–Crippen LogP) is 3.09. The Morgan fingerprint density at radius 3 is 2.29 bits per heavy atom. The van der Waals surface area contributed by atoms with E-state index < -0.39 is 26.3 Å². The Labute approximate surface area is 161 Å². The first-order valence-electron chi connectivity index (χ1n) is 8.63. The Hall–Kier alpha value is -2.55. The minimum atomic E-state index is -4.74. The number of hydrogen-bond acceptors (Lipinski definition) is 4. The van der Waals surface area contributed by atoms with Crippen molar-refractivity contribution in [3.8, 4) is 0 Å². The van der Waals surface area contributed by atoms with Gasteiger partial charge >= 0.3 is 5.76 Å². The van der Waals surface area contributed by atoms with Gasteiger partial charge in [0.2, 0.25) is 9.84 Å². The number of halogens is 3. The maximum Gasteiger partial charge on any atom is 0.341 e. The van der Waals surface area contributed by atoms with Crippen LogP contribution in [0.25, 0.3) is 0 Å². The van der Waals surface area contributed by atoms with E-state index in [-0.39, 0.29) is 43.3 Å². The number of carbonyl (C=O) groups excluding carboxylic acids is 1. The van der Waals surface area contributed by atoms with Crippen LogP contribution >= 0.6 is 0 Å². The number of sulfone groups is 1. The first kappa shape index (κ1) is 20.2. The highest BCUT2D eigenvalue weighted by Crippen LogP contribution is 2.30. The Bertz CT molecular complexity index is 988. The molecule has 0 bridgehead atoms. The molecule has 0 saturated carbocycles. The fourth-order valence-electron chi connectivity index (χ4n) is 3.11. The van der Waals surface area contributed by atoms with Crippen LogP contribution in [0.4, 0.5) is 18.9 Å². The number of benzene rings is 2. The summed E-state index contributed by atoms with van der Waals surface area (Å²) in [6.07, 6.45) is 0. The van der Waals surface area contributed by atoms with Crippen LogP contribution in [-0.2, 0) is 9.84 Å². The van der Waals surface area contributed by atoms with Gasteiger partial charge in [0.1, 0.15) is 5.82 Å². The third-order valence-electron chi connectivity index (χ3n) is 4.73. The average Bonchev–Trinajstić information content (AvgIpc) is 2.69. The van der Waals surface area contributed by atoms with Crippen molar-refractivity contribution in [2.75, 3.05) is 31.1 Å². The smallest absolute Gasteiger partial charge is 0.341 e. The van der Waals surface area contributed by atoms with E-state index in [1.807, 2.05) is 0 Å². The summed E-state index contributed by atoms with van der Waals surface area (Å²) >= 11 is 0. The molecule has 9 heteroatoms. The molecule has 2 aromatic carbocycles. The Kier molecular flexibility index (Phi) is 5.64. The first-order valence-corrected chi connectivity index (χ1v) is 10.2. The largest absolute Gasteiger partial charge is 0.367 e. The molecule has 1 aliphatic rings. The van der Waals surface area contributed by atoms with Crippen LogP contribution in [-0.4, -0.2) is 51.2 Å². The number of carbonyl (C=O) groups is 1. The lowest BCUT2D eigenvalue weighted by Gasteiger charge is -2.36. The molecule has 2 aromatic rings. The molecular weight excluding hydrogens is 393 g/mol. The van der Waals surface area contributed by atoms with E-state index in [0.717, 1.165) is 6.07 Å². The normalized spacial score (nSPS) is 15.2. The average molecular weight is 412 g/mol. The van der Waals surface area contributed by atoms with E-state index in [1.165, 1.54) is 29.2 Å². The van der Waals surface area contributed by atoms with Crippen molar-refractivity contribution in [2.45, 2.75) is 17.6 Å². The Balaban J connectivity index is 1.76. The maximum atomic E-state index is 13.7. The molecule has 0 atom stereocenters. The van der Waals surface area contributed by atoms with Crippen LogP contribution in [0.15, 0.2) is 47.4 Å². The highest BCUT2D eigenvalue weighted by atomic mass is 32.2. The number of hydrogen-bond donors (Lipinski definition) is 0. The molecule has 1 amide bonds. The van der Waals surface area contributed by atoms with E-state index >= 15 is 0 Å². The molecule has 1 heterocycles. The Morgan fingerprint density at radius 1 is 1.04 bits per heavy atom. The quantitative estimate of drug-likeness (QED) is 0.775. The van der Waals surface area contributed by atoms with Gasteiger partial charge in [0.05, 0.1) is 10.6 Å². The van der Waals surface area contributed by atoms with Crippen LogP contribution in [0.1, 0.15) is 15.9 Å². The summed E-state index contributed by atoms with van der Waals surface area (Å²) in [5.41, 5.74) is 0.867. The van der Waals surface area contributed by atoms with Gasteiger partial charge in [-0.15, -0.1) is 0 Å². The van der Waals surface area contributed by atoms with Crippen molar-refractivity contribution in [3.63, 3.8) is 0 Å². The molecule has 0 N–H and O–H groups in total. The zero-order valence-corrected chi connectivity index (χ0v) is 15.9. The highest BCUT2D eigenvalue weighted by Gasteiger charge is 2.32. The summed E-state index contributed by atoms with van der Waals surface area (Å²) in [7, 11) is -4.74. The molecule has 150 valence electrons. The molecule has 0 radical (unpaired) electrons. The molecule has 3 rings (SSSR count). The number of aryl methyl sites for hydroxylation is 1. The van der Waals surface area contributed by atoms with Crippen LogP contribution in [0.5, 0.6) is 0 Å². The van der Waals surface area contributed by atoms with Gasteiger partial charge in [0.15, 0.2) is 0 Å². The number of anilines is 1. The SMILES string of the molecule is Cc1ccc(C(=O)N2CCN(c3ccccc3S(=O)(=O)C(F)F)CC2)cc1F. The Morgan fingerprint density at radius 2 is 1.68 bits per heavy atom. The van der Waals surface area contributed by atoms with Crippen molar-refractivity contribution in [1.29, 1.82) is 0 Å². The van der Waals surface area contributed by atoms with Gasteiger partial charge in [-0.05, 0) is 36.8 Å². The van der Waals surface area contributed by atoms with E-state index in [0.29, 0.717) is 5.56 Å². The van der Waals surface area contributed by atoms with E-state index in [1.54, 1.807) is 24.0 Å². The van der Waals surface area contributed by atoms with Crippen LogP contribution in [0.2, 0.25) is 0 Å². The van der Waals surface area contributed by atoms with Gasteiger partial charge < -0.3 is 9.80 Å². The highest BCUT2D eigenvalue weighted by molar-refractivity contribution is 7.91. The summed E-state index contributed by atoms with van der Waals surface area (Å²) < 4.78 is 63.5. The van der Waals surface area contributed by atoms with Gasteiger partial charge in [-0.3, -0.25) is 4.79 Å². The predicted molar refractivity (Wildman–Crippen MR) is 98.9 cm³/mol. The molecule has 5 nitrogen and oxygen atoms in total. The number of nitrogens with zero attached hydrogens (tertiary/aromatic N) is 2. The van der Waals surface area contributed by atoms with Gasteiger partial charge in [-0.1, -0.05) is 18.2 Å². The fourth-order valence-corrected chi connectivity index (χ4v) is 4.06. The van der Waals surface area contributed by atoms with Gasteiger partial charge in [-0.2, -0.15) is 8.78 Å². The molecule has 0 unspecified atom stereocenters. The van der Waals surface area contributed by atoms with E-state index in [4.69, 9.17) is 0 Å². The second kappa shape index (κ2) is 7.83. The van der Waals surface area contributed by atoms with Gasteiger partial charge in [0.25, 0.3) is 5.91 Å². The molecule has 0 aliphatic carbocycles. The minimum absolute atomic E-state index is 0.191. The second-order valence-corrected chi connectivity index (χ2v) is 8.40. The van der Waals surface area contributed by atoms with Crippen LogP contribution in [0, 0.1) is 12.7 Å². The lowest BCUT2D eigenvalue weighted by molar-refractivity contribution is 0.0746. The number of para-hydroxylation sites is 1.